The van der Waals surface area contributed by atoms with Crippen molar-refractivity contribution in [1.82, 2.24) is 0 Å². The predicted molar refractivity (Wildman–Crippen MR) is 77.9 cm³/mol. The Morgan fingerprint density at radius 2 is 1.94 bits per heavy atom. The van der Waals surface area contributed by atoms with Gasteiger partial charge in [-0.05, 0) is 61.3 Å². The van der Waals surface area contributed by atoms with Gasteiger partial charge in [-0.2, -0.15) is 0 Å². The lowest BCUT2D eigenvalue weighted by Gasteiger charge is -2.19. The molecular formula is C14H22BrNO2. The van der Waals surface area contributed by atoms with Crippen LogP contribution in [0.3, 0.4) is 0 Å². The normalized spacial score (nSPS) is 13.4. The summed E-state index contributed by atoms with van der Waals surface area (Å²) in [5, 5.41) is 0. The lowest BCUT2D eigenvalue weighted by atomic mass is 10.1. The maximum Gasteiger partial charge on any atom is 0.133 e. The Hall–Kier alpha value is -0.580. The van der Waals surface area contributed by atoms with Crippen molar-refractivity contribution in [2.75, 3.05) is 13.2 Å². The lowest BCUT2D eigenvalue weighted by Crippen LogP contribution is -2.22. The van der Waals surface area contributed by atoms with Gasteiger partial charge in [0, 0.05) is 6.04 Å². The molecule has 0 heterocycles. The molecule has 102 valence electrons. The summed E-state index contributed by atoms with van der Waals surface area (Å²) in [6.45, 7) is 9.15. The third-order valence-corrected chi connectivity index (χ3v) is 2.98. The molecule has 0 unspecified atom stereocenters. The van der Waals surface area contributed by atoms with E-state index in [0.29, 0.717) is 13.2 Å². The van der Waals surface area contributed by atoms with E-state index in [2.05, 4.69) is 15.9 Å². The summed E-state index contributed by atoms with van der Waals surface area (Å²) in [5.41, 5.74) is 6.78. The zero-order valence-electron chi connectivity index (χ0n) is 11.5. The standard InChI is InChI=1S/C14H22BrNO2/c1-10(16)11-5-6-13(12(15)9-11)17-7-8-18-14(2,3)4/h5-6,9-10H,7-8,16H2,1-4H3/t10-/m1/s1. The van der Waals surface area contributed by atoms with E-state index in [-0.39, 0.29) is 11.6 Å². The lowest BCUT2D eigenvalue weighted by molar-refractivity contribution is -0.0163. The molecule has 0 aliphatic heterocycles. The van der Waals surface area contributed by atoms with Crippen molar-refractivity contribution >= 4 is 15.9 Å². The van der Waals surface area contributed by atoms with Crippen LogP contribution >= 0.6 is 15.9 Å². The predicted octanol–water partition coefficient (Wildman–Crippen LogP) is 3.66. The van der Waals surface area contributed by atoms with Crippen molar-refractivity contribution in [1.29, 1.82) is 0 Å². The average molecular weight is 316 g/mol. The summed E-state index contributed by atoms with van der Waals surface area (Å²) in [4.78, 5) is 0. The van der Waals surface area contributed by atoms with Gasteiger partial charge in [0.2, 0.25) is 0 Å². The summed E-state index contributed by atoms with van der Waals surface area (Å²) < 4.78 is 12.2. The Labute approximate surface area is 118 Å². The maximum absolute atomic E-state index is 5.82. The molecule has 1 atom stereocenters. The molecule has 1 aromatic rings. The Bertz CT molecular complexity index is 386. The van der Waals surface area contributed by atoms with Gasteiger partial charge in [-0.15, -0.1) is 0 Å². The molecule has 0 saturated heterocycles. The minimum Gasteiger partial charge on any atom is -0.490 e. The number of nitrogens with two attached hydrogens (primary N) is 1. The zero-order chi connectivity index (χ0) is 13.8. The van der Waals surface area contributed by atoms with E-state index in [9.17, 15) is 0 Å². The van der Waals surface area contributed by atoms with Crippen LogP contribution in [0.4, 0.5) is 0 Å². The van der Waals surface area contributed by atoms with Crippen LogP contribution in [0.1, 0.15) is 39.3 Å². The summed E-state index contributed by atoms with van der Waals surface area (Å²) >= 11 is 3.49. The van der Waals surface area contributed by atoms with Gasteiger partial charge in [-0.1, -0.05) is 6.07 Å². The van der Waals surface area contributed by atoms with Gasteiger partial charge in [0.25, 0.3) is 0 Å². The quantitative estimate of drug-likeness (QED) is 0.843. The highest BCUT2D eigenvalue weighted by Gasteiger charge is 2.10. The molecule has 1 aromatic carbocycles. The summed E-state index contributed by atoms with van der Waals surface area (Å²) in [6.07, 6.45) is 0. The SMILES string of the molecule is C[C@@H](N)c1ccc(OCCOC(C)(C)C)c(Br)c1. The topological polar surface area (TPSA) is 44.5 Å². The van der Waals surface area contributed by atoms with Gasteiger partial charge in [0.1, 0.15) is 12.4 Å². The van der Waals surface area contributed by atoms with Crippen LogP contribution in [0.15, 0.2) is 22.7 Å². The molecule has 4 heteroatoms. The van der Waals surface area contributed by atoms with Crippen molar-refractivity contribution in [2.45, 2.75) is 39.3 Å². The highest BCUT2D eigenvalue weighted by molar-refractivity contribution is 9.10. The summed E-state index contributed by atoms with van der Waals surface area (Å²) in [6, 6.07) is 5.93. The molecule has 0 spiro atoms. The number of benzene rings is 1. The van der Waals surface area contributed by atoms with Crippen LogP contribution in [0.25, 0.3) is 0 Å². The second-order valence-electron chi connectivity index (χ2n) is 5.29. The van der Waals surface area contributed by atoms with E-state index in [0.717, 1.165) is 15.8 Å². The molecule has 0 fully saturated rings. The molecule has 3 nitrogen and oxygen atoms in total. The van der Waals surface area contributed by atoms with Gasteiger partial charge in [-0.3, -0.25) is 0 Å². The first-order valence-electron chi connectivity index (χ1n) is 6.11. The highest BCUT2D eigenvalue weighted by Crippen LogP contribution is 2.27. The molecule has 0 amide bonds. The van der Waals surface area contributed by atoms with Crippen molar-refractivity contribution in [3.8, 4) is 5.75 Å². The van der Waals surface area contributed by atoms with Crippen molar-refractivity contribution in [2.24, 2.45) is 5.73 Å². The van der Waals surface area contributed by atoms with Gasteiger partial charge in [-0.25, -0.2) is 0 Å². The Morgan fingerprint density at radius 1 is 1.28 bits per heavy atom. The van der Waals surface area contributed by atoms with E-state index in [1.807, 2.05) is 45.9 Å². The minimum absolute atomic E-state index is 0.0274. The van der Waals surface area contributed by atoms with Crippen LogP contribution in [-0.4, -0.2) is 18.8 Å². The van der Waals surface area contributed by atoms with Gasteiger partial charge in [0.15, 0.2) is 0 Å². The number of hydrogen-bond donors (Lipinski definition) is 1. The smallest absolute Gasteiger partial charge is 0.133 e. The van der Waals surface area contributed by atoms with E-state index in [1.165, 1.54) is 0 Å². The van der Waals surface area contributed by atoms with E-state index in [1.54, 1.807) is 0 Å². The first kappa shape index (κ1) is 15.5. The fraction of sp³-hybridized carbons (Fsp3) is 0.571. The molecule has 0 aliphatic carbocycles. The van der Waals surface area contributed by atoms with Crippen LogP contribution in [0, 0.1) is 0 Å². The molecule has 1 rings (SSSR count). The second-order valence-corrected chi connectivity index (χ2v) is 6.14. The Balaban J connectivity index is 2.48. The van der Waals surface area contributed by atoms with Gasteiger partial charge in [0.05, 0.1) is 16.7 Å². The molecule has 0 aliphatic rings. The first-order valence-corrected chi connectivity index (χ1v) is 6.90. The van der Waals surface area contributed by atoms with E-state index >= 15 is 0 Å². The van der Waals surface area contributed by atoms with E-state index in [4.69, 9.17) is 15.2 Å². The number of ether oxygens (including phenoxy) is 2. The van der Waals surface area contributed by atoms with E-state index < -0.39 is 0 Å². The number of halogens is 1. The zero-order valence-corrected chi connectivity index (χ0v) is 13.1. The van der Waals surface area contributed by atoms with Crippen molar-refractivity contribution in [3.63, 3.8) is 0 Å². The molecular weight excluding hydrogens is 294 g/mol. The average Bonchev–Trinajstić information content (AvgIpc) is 2.24. The molecule has 0 radical (unpaired) electrons. The van der Waals surface area contributed by atoms with Gasteiger partial charge >= 0.3 is 0 Å². The van der Waals surface area contributed by atoms with Crippen LogP contribution < -0.4 is 10.5 Å². The first-order chi connectivity index (χ1) is 8.29. The van der Waals surface area contributed by atoms with Crippen molar-refractivity contribution in [3.05, 3.63) is 28.2 Å². The second kappa shape index (κ2) is 6.55. The van der Waals surface area contributed by atoms with Crippen LogP contribution in [0.5, 0.6) is 5.75 Å². The molecule has 18 heavy (non-hydrogen) atoms. The molecule has 0 bridgehead atoms. The minimum atomic E-state index is -0.126. The molecule has 0 saturated carbocycles. The Kier molecular flexibility index (Phi) is 5.63. The summed E-state index contributed by atoms with van der Waals surface area (Å²) in [7, 11) is 0. The maximum atomic E-state index is 5.82. The fourth-order valence-electron chi connectivity index (χ4n) is 1.42. The third kappa shape index (κ3) is 5.38. The number of rotatable bonds is 5. The monoisotopic (exact) mass is 315 g/mol. The third-order valence-electron chi connectivity index (χ3n) is 2.36. The van der Waals surface area contributed by atoms with Crippen molar-refractivity contribution < 1.29 is 9.47 Å². The number of hydrogen-bond acceptors (Lipinski definition) is 3. The largest absolute Gasteiger partial charge is 0.490 e. The molecule has 2 N–H and O–H groups in total. The van der Waals surface area contributed by atoms with Crippen LogP contribution in [0.2, 0.25) is 0 Å². The van der Waals surface area contributed by atoms with Gasteiger partial charge < -0.3 is 15.2 Å². The molecule has 0 aromatic heterocycles. The van der Waals surface area contributed by atoms with Crippen LogP contribution in [-0.2, 0) is 4.74 Å². The fourth-order valence-corrected chi connectivity index (χ4v) is 1.93. The summed E-state index contributed by atoms with van der Waals surface area (Å²) in [5.74, 6) is 0.817. The highest BCUT2D eigenvalue weighted by atomic mass is 79.9. The Morgan fingerprint density at radius 3 is 2.44 bits per heavy atom.